The van der Waals surface area contributed by atoms with Crippen molar-refractivity contribution in [1.82, 2.24) is 9.80 Å². The molecule has 1 N–H and O–H groups in total. The summed E-state index contributed by atoms with van der Waals surface area (Å²) in [5.74, 6) is 7.46. The van der Waals surface area contributed by atoms with Gasteiger partial charge in [0.15, 0.2) is 0 Å². The number of rotatable bonds is 7. The lowest BCUT2D eigenvalue weighted by Gasteiger charge is -2.39. The third-order valence-electron chi connectivity index (χ3n) is 5.69. The number of hydrogen-bond acceptors (Lipinski definition) is 4. The molecular weight excluding hydrogens is 487 g/mol. The molecule has 2 aromatic carbocycles. The fourth-order valence-corrected chi connectivity index (χ4v) is 4.64. The maximum Gasteiger partial charge on any atom is 0.149 e. The van der Waals surface area contributed by atoms with Crippen LogP contribution in [0.5, 0.6) is 11.5 Å². The Morgan fingerprint density at radius 2 is 1.77 bits per heavy atom. The van der Waals surface area contributed by atoms with E-state index in [1.807, 2.05) is 42.5 Å². The van der Waals surface area contributed by atoms with Crippen LogP contribution in [0, 0.1) is 15.4 Å². The molecule has 0 radical (unpaired) electrons. The van der Waals surface area contributed by atoms with E-state index in [0.717, 1.165) is 53.2 Å². The largest absolute Gasteiger partial charge is 0.507 e. The van der Waals surface area contributed by atoms with E-state index in [2.05, 4.69) is 58.1 Å². The summed E-state index contributed by atoms with van der Waals surface area (Å²) in [4.78, 5) is 5.04. The van der Waals surface area contributed by atoms with Crippen LogP contribution in [-0.2, 0) is 6.54 Å². The van der Waals surface area contributed by atoms with E-state index in [-0.39, 0.29) is 0 Å². The summed E-state index contributed by atoms with van der Waals surface area (Å²) >= 11 is 2.19. The highest BCUT2D eigenvalue weighted by Gasteiger charge is 2.22. The molecule has 0 aromatic heterocycles. The van der Waals surface area contributed by atoms with E-state index in [9.17, 15) is 5.11 Å². The fourth-order valence-electron chi connectivity index (χ4n) is 3.96. The van der Waals surface area contributed by atoms with Gasteiger partial charge in [-0.3, -0.25) is 9.80 Å². The normalized spacial score (nSPS) is 15.1. The Morgan fingerprint density at radius 1 is 1.07 bits per heavy atom. The van der Waals surface area contributed by atoms with Crippen LogP contribution in [0.15, 0.2) is 42.5 Å². The Balaban J connectivity index is 1.60. The smallest absolute Gasteiger partial charge is 0.149 e. The van der Waals surface area contributed by atoms with Gasteiger partial charge in [0, 0.05) is 49.9 Å². The van der Waals surface area contributed by atoms with Gasteiger partial charge in [0.05, 0.1) is 3.57 Å². The molecule has 0 spiro atoms. The van der Waals surface area contributed by atoms with Crippen LogP contribution in [0.1, 0.15) is 37.8 Å². The molecule has 1 fully saturated rings. The van der Waals surface area contributed by atoms with Gasteiger partial charge in [-0.1, -0.05) is 43.9 Å². The van der Waals surface area contributed by atoms with Crippen LogP contribution in [0.25, 0.3) is 0 Å². The van der Waals surface area contributed by atoms with E-state index in [1.54, 1.807) is 0 Å². The molecule has 0 amide bonds. The molecule has 1 aliphatic heterocycles. The molecule has 0 aliphatic carbocycles. The van der Waals surface area contributed by atoms with Crippen molar-refractivity contribution in [2.45, 2.75) is 39.3 Å². The van der Waals surface area contributed by atoms with Crippen LogP contribution >= 0.6 is 22.6 Å². The monoisotopic (exact) mass is 518 g/mol. The molecule has 0 bridgehead atoms. The molecule has 0 atom stereocenters. The number of benzene rings is 2. The topological polar surface area (TPSA) is 35.9 Å². The van der Waals surface area contributed by atoms with Crippen molar-refractivity contribution in [1.29, 1.82) is 0 Å². The van der Waals surface area contributed by atoms with E-state index >= 15 is 0 Å². The van der Waals surface area contributed by atoms with Gasteiger partial charge in [-0.25, -0.2) is 0 Å². The number of piperazine rings is 1. The second-order valence-corrected chi connectivity index (χ2v) is 8.81. The fraction of sp³-hybridized carbons (Fsp3) is 0.440. The number of ether oxygens (including phenoxy) is 1. The van der Waals surface area contributed by atoms with Gasteiger partial charge in [-0.05, 0) is 59.7 Å². The third-order valence-corrected chi connectivity index (χ3v) is 6.51. The van der Waals surface area contributed by atoms with Crippen LogP contribution in [0.4, 0.5) is 0 Å². The Morgan fingerprint density at radius 3 is 2.43 bits per heavy atom. The predicted molar refractivity (Wildman–Crippen MR) is 131 cm³/mol. The number of phenols is 1. The van der Waals surface area contributed by atoms with Crippen LogP contribution in [0.2, 0.25) is 0 Å². The molecule has 5 heteroatoms. The summed E-state index contributed by atoms with van der Waals surface area (Å²) in [6, 6.07) is 14.3. The first kappa shape index (κ1) is 22.9. The van der Waals surface area contributed by atoms with Gasteiger partial charge < -0.3 is 9.84 Å². The van der Waals surface area contributed by atoms with Crippen LogP contribution in [-0.4, -0.2) is 53.7 Å². The summed E-state index contributed by atoms with van der Waals surface area (Å²) in [5, 5.41) is 10.6. The van der Waals surface area contributed by atoms with Crippen molar-refractivity contribution < 1.29 is 9.84 Å². The van der Waals surface area contributed by atoms with Gasteiger partial charge in [0.2, 0.25) is 0 Å². The van der Waals surface area contributed by atoms with Crippen molar-refractivity contribution in [3.63, 3.8) is 0 Å². The van der Waals surface area contributed by atoms with Crippen LogP contribution in [0.3, 0.4) is 0 Å². The number of para-hydroxylation sites is 1. The lowest BCUT2D eigenvalue weighted by Crippen LogP contribution is -2.49. The average molecular weight is 518 g/mol. The molecule has 1 heterocycles. The summed E-state index contributed by atoms with van der Waals surface area (Å²) in [5.41, 5.74) is 1.87. The minimum absolute atomic E-state index is 0.342. The highest BCUT2D eigenvalue weighted by atomic mass is 127. The number of phenolic OH excluding ortho intramolecular Hbond substituents is 1. The Kier molecular flexibility index (Phi) is 8.86. The highest BCUT2D eigenvalue weighted by molar-refractivity contribution is 14.1. The Bertz CT molecular complexity index is 864. The van der Waals surface area contributed by atoms with Crippen molar-refractivity contribution in [3.8, 4) is 23.3 Å². The van der Waals surface area contributed by atoms with Crippen LogP contribution < -0.4 is 4.74 Å². The first-order chi connectivity index (χ1) is 14.6. The quantitative estimate of drug-likeness (QED) is 0.425. The summed E-state index contributed by atoms with van der Waals surface area (Å²) in [6.45, 7) is 9.92. The molecular formula is C25H31IN2O2. The molecule has 3 rings (SSSR count). The summed E-state index contributed by atoms with van der Waals surface area (Å²) in [7, 11) is 0. The summed E-state index contributed by atoms with van der Waals surface area (Å²) in [6.07, 6.45) is 2.42. The minimum atomic E-state index is 0.342. The van der Waals surface area contributed by atoms with Gasteiger partial charge in [-0.2, -0.15) is 0 Å². The molecule has 1 saturated heterocycles. The van der Waals surface area contributed by atoms with Crippen molar-refractivity contribution in [2.75, 3.05) is 32.8 Å². The van der Waals surface area contributed by atoms with E-state index in [4.69, 9.17) is 4.74 Å². The standard InChI is InChI=1S/C25H31IN2O2/c1-3-22(4-2)28-14-12-27(13-15-28)19-21-17-20(18-24(26)25(21)29)9-8-16-30-23-10-6-5-7-11-23/h5-7,10-11,17-18,22,29H,3-4,12-16,19H2,1-2H3. The maximum atomic E-state index is 10.6. The average Bonchev–Trinajstić information content (AvgIpc) is 2.77. The minimum Gasteiger partial charge on any atom is -0.507 e. The highest BCUT2D eigenvalue weighted by Crippen LogP contribution is 2.27. The Labute approximate surface area is 194 Å². The van der Waals surface area contributed by atoms with Gasteiger partial charge in [0.1, 0.15) is 18.1 Å². The van der Waals surface area contributed by atoms with Gasteiger partial charge in [-0.15, -0.1) is 0 Å². The zero-order chi connectivity index (χ0) is 21.3. The van der Waals surface area contributed by atoms with Gasteiger partial charge in [0.25, 0.3) is 0 Å². The number of nitrogens with zero attached hydrogens (tertiary/aromatic N) is 2. The van der Waals surface area contributed by atoms with E-state index < -0.39 is 0 Å². The van der Waals surface area contributed by atoms with Crippen molar-refractivity contribution in [3.05, 3.63) is 57.2 Å². The van der Waals surface area contributed by atoms with Gasteiger partial charge >= 0.3 is 0 Å². The first-order valence-electron chi connectivity index (χ1n) is 10.7. The molecule has 1 aliphatic rings. The number of aromatic hydroxyl groups is 1. The number of hydrogen-bond donors (Lipinski definition) is 1. The molecule has 0 unspecified atom stereocenters. The second-order valence-electron chi connectivity index (χ2n) is 7.65. The lowest BCUT2D eigenvalue weighted by molar-refractivity contribution is 0.0876. The Hall–Kier alpha value is -1.75. The zero-order valence-electron chi connectivity index (χ0n) is 17.9. The second kappa shape index (κ2) is 11.6. The lowest BCUT2D eigenvalue weighted by atomic mass is 10.1. The number of halogens is 1. The summed E-state index contributed by atoms with van der Waals surface area (Å²) < 4.78 is 6.49. The van der Waals surface area contributed by atoms with Crippen molar-refractivity contribution in [2.24, 2.45) is 0 Å². The van der Waals surface area contributed by atoms with E-state index in [1.165, 1.54) is 12.8 Å². The molecule has 30 heavy (non-hydrogen) atoms. The third kappa shape index (κ3) is 6.37. The first-order valence-corrected chi connectivity index (χ1v) is 11.8. The molecule has 2 aromatic rings. The molecule has 0 saturated carbocycles. The SMILES string of the molecule is CCC(CC)N1CCN(Cc2cc(C#CCOc3ccccc3)cc(I)c2O)CC1. The molecule has 4 nitrogen and oxygen atoms in total. The van der Waals surface area contributed by atoms with Crippen molar-refractivity contribution >= 4 is 22.6 Å². The predicted octanol–water partition coefficient (Wildman–Crippen LogP) is 4.73. The van der Waals surface area contributed by atoms with E-state index in [0.29, 0.717) is 18.4 Å². The molecule has 160 valence electrons. The maximum absolute atomic E-state index is 10.6. The zero-order valence-corrected chi connectivity index (χ0v) is 20.1.